The van der Waals surface area contributed by atoms with Gasteiger partial charge >= 0.3 is 12.2 Å². The summed E-state index contributed by atoms with van der Waals surface area (Å²) in [5.74, 6) is 0. The third-order valence-electron chi connectivity index (χ3n) is 1.76. The SMILES string of the molecule is FC(F)(F)C1=C/C=C\C([Si](Cl)(Cl)Cl)=C/C=C1. The summed E-state index contributed by atoms with van der Waals surface area (Å²) in [5, 5.41) is 0.436. The first-order valence-corrected chi connectivity index (χ1v) is 9.16. The van der Waals surface area contributed by atoms with E-state index in [4.69, 9.17) is 33.2 Å². The van der Waals surface area contributed by atoms with Gasteiger partial charge in [-0.1, -0.05) is 36.5 Å². The van der Waals surface area contributed by atoms with E-state index in [1.165, 1.54) is 24.3 Å². The van der Waals surface area contributed by atoms with E-state index in [-0.39, 0.29) is 0 Å². The third-order valence-corrected chi connectivity index (χ3v) is 4.71. The van der Waals surface area contributed by atoms with Crippen LogP contribution in [-0.2, 0) is 0 Å². The Kier molecular flexibility index (Phi) is 4.34. The normalized spacial score (nSPS) is 22.9. The molecule has 0 unspecified atom stereocenters. The average Bonchev–Trinajstić information content (AvgIpc) is 1.96. The van der Waals surface area contributed by atoms with Crippen LogP contribution in [0.2, 0.25) is 0 Å². The molecule has 1 aliphatic rings. The van der Waals surface area contributed by atoms with Crippen molar-refractivity contribution in [3.05, 3.63) is 47.2 Å². The van der Waals surface area contributed by atoms with E-state index < -0.39 is 17.8 Å². The molecule has 0 spiro atoms. The summed E-state index contributed by atoms with van der Waals surface area (Å²) in [4.78, 5) is 0. The first-order chi connectivity index (χ1) is 7.21. The first kappa shape index (κ1) is 13.9. The molecule has 88 valence electrons. The molecular weight excluding hydrogens is 300 g/mol. The summed E-state index contributed by atoms with van der Waals surface area (Å²) in [7, 11) is 0. The van der Waals surface area contributed by atoms with Gasteiger partial charge in [0.1, 0.15) is 0 Å². The number of allylic oxidation sites excluding steroid dienone is 8. The molecule has 0 aromatic heterocycles. The topological polar surface area (TPSA) is 0 Å². The Morgan fingerprint density at radius 2 is 1.50 bits per heavy atom. The van der Waals surface area contributed by atoms with Crippen LogP contribution in [0.5, 0.6) is 0 Å². The second kappa shape index (κ2) is 5.00. The van der Waals surface area contributed by atoms with Gasteiger partial charge in [-0.05, 0) is 5.20 Å². The predicted molar refractivity (Wildman–Crippen MR) is 63.8 cm³/mol. The van der Waals surface area contributed by atoms with Gasteiger partial charge in [0, 0.05) is 0 Å². The second-order valence-corrected chi connectivity index (χ2v) is 11.4. The van der Waals surface area contributed by atoms with Gasteiger partial charge in [-0.25, -0.2) is 0 Å². The molecule has 0 N–H and O–H groups in total. The van der Waals surface area contributed by atoms with E-state index in [9.17, 15) is 13.2 Å². The summed E-state index contributed by atoms with van der Waals surface area (Å²) < 4.78 is 37.0. The van der Waals surface area contributed by atoms with Crippen molar-refractivity contribution in [1.82, 2.24) is 0 Å². The molecule has 0 saturated heterocycles. The number of alkyl halides is 3. The number of hydrogen-bond acceptors (Lipinski definition) is 0. The largest absolute Gasteiger partial charge is 0.416 e. The van der Waals surface area contributed by atoms with E-state index in [2.05, 4.69) is 0 Å². The van der Waals surface area contributed by atoms with Gasteiger partial charge in [0.15, 0.2) is 0 Å². The molecule has 0 nitrogen and oxygen atoms in total. The van der Waals surface area contributed by atoms with Crippen LogP contribution in [0.25, 0.3) is 0 Å². The highest BCUT2D eigenvalue weighted by atomic mass is 35.8. The Morgan fingerprint density at radius 3 is 2.00 bits per heavy atom. The van der Waals surface area contributed by atoms with Crippen LogP contribution in [0.4, 0.5) is 13.2 Å². The molecule has 0 saturated carbocycles. The molecule has 0 aliphatic heterocycles. The molecular formula is C9H6Cl3F3Si. The molecule has 0 aromatic rings. The predicted octanol–water partition coefficient (Wildman–Crippen LogP) is 4.72. The first-order valence-electron chi connectivity index (χ1n) is 4.12. The highest BCUT2D eigenvalue weighted by molar-refractivity contribution is 7.67. The molecule has 7 heteroatoms. The Bertz CT molecular complexity index is 348. The smallest absolute Gasteiger partial charge is 0.166 e. The van der Waals surface area contributed by atoms with Crippen molar-refractivity contribution in [1.29, 1.82) is 0 Å². The van der Waals surface area contributed by atoms with Crippen molar-refractivity contribution in [3.63, 3.8) is 0 Å². The third kappa shape index (κ3) is 4.01. The molecule has 0 radical (unpaired) electrons. The Labute approximate surface area is 106 Å². The molecule has 1 rings (SSSR count). The van der Waals surface area contributed by atoms with Crippen LogP contribution in [0.3, 0.4) is 0 Å². The zero-order chi connectivity index (χ0) is 12.4. The summed E-state index contributed by atoms with van der Waals surface area (Å²) in [6, 6.07) is -3.05. The summed E-state index contributed by atoms with van der Waals surface area (Å²) in [6.07, 6.45) is 2.73. The van der Waals surface area contributed by atoms with Gasteiger partial charge in [-0.15, -0.1) is 33.2 Å². The lowest BCUT2D eigenvalue weighted by Gasteiger charge is -2.10. The zero-order valence-corrected chi connectivity index (χ0v) is 11.0. The fraction of sp³-hybridized carbons (Fsp3) is 0.111. The molecule has 0 bridgehead atoms. The van der Waals surface area contributed by atoms with E-state index in [1.54, 1.807) is 0 Å². The molecule has 0 fully saturated rings. The van der Waals surface area contributed by atoms with Gasteiger partial charge in [0.2, 0.25) is 0 Å². The minimum Gasteiger partial charge on any atom is -0.166 e. The maximum atomic E-state index is 12.3. The molecule has 16 heavy (non-hydrogen) atoms. The minimum atomic E-state index is -4.37. The van der Waals surface area contributed by atoms with Crippen LogP contribution < -0.4 is 0 Å². The van der Waals surface area contributed by atoms with Crippen molar-refractivity contribution in [2.75, 3.05) is 0 Å². The number of halogens is 6. The highest BCUT2D eigenvalue weighted by Gasteiger charge is 2.32. The van der Waals surface area contributed by atoms with Crippen LogP contribution in [0.15, 0.2) is 47.2 Å². The van der Waals surface area contributed by atoms with Crippen molar-refractivity contribution in [3.8, 4) is 0 Å². The fourth-order valence-electron chi connectivity index (χ4n) is 1.000. The van der Waals surface area contributed by atoms with Crippen molar-refractivity contribution in [2.24, 2.45) is 0 Å². The lowest BCUT2D eigenvalue weighted by molar-refractivity contribution is -0.0881. The molecule has 0 heterocycles. The fourth-order valence-corrected chi connectivity index (χ4v) is 2.70. The monoisotopic (exact) mass is 304 g/mol. The van der Waals surface area contributed by atoms with Gasteiger partial charge in [-0.2, -0.15) is 13.2 Å². The van der Waals surface area contributed by atoms with Crippen molar-refractivity contribution >= 4 is 39.2 Å². The van der Waals surface area contributed by atoms with Gasteiger partial charge in [0.25, 0.3) is 0 Å². The molecule has 0 atom stereocenters. The van der Waals surface area contributed by atoms with E-state index in [0.717, 1.165) is 12.2 Å². The maximum Gasteiger partial charge on any atom is 0.416 e. The van der Waals surface area contributed by atoms with E-state index in [0.29, 0.717) is 5.20 Å². The van der Waals surface area contributed by atoms with Gasteiger partial charge in [-0.3, -0.25) is 0 Å². The number of rotatable bonds is 1. The zero-order valence-electron chi connectivity index (χ0n) is 7.73. The standard InChI is InChI=1S/C9H6Cl3F3Si/c10-16(11,12)8-5-1-3-7(4-2-6-8)9(13,14)15/h1-6H/b3-1?,4-2?,5-1-,6-2?,7-3?,7-4?,8-5?,8-6+. The summed E-state index contributed by atoms with van der Waals surface area (Å²) >= 11 is 17.2. The highest BCUT2D eigenvalue weighted by Crippen LogP contribution is 2.32. The van der Waals surface area contributed by atoms with Crippen molar-refractivity contribution in [2.45, 2.75) is 6.18 Å². The molecule has 0 amide bonds. The van der Waals surface area contributed by atoms with E-state index in [1.807, 2.05) is 0 Å². The summed E-state index contributed by atoms with van der Waals surface area (Å²) in [5.41, 5.74) is -0.745. The van der Waals surface area contributed by atoms with Crippen LogP contribution >= 0.6 is 33.2 Å². The second-order valence-electron chi connectivity index (χ2n) is 2.96. The Balaban J connectivity index is 2.98. The quantitative estimate of drug-likeness (QED) is 0.485. The maximum absolute atomic E-state index is 12.3. The molecule has 0 aromatic carbocycles. The lowest BCUT2D eigenvalue weighted by atomic mass is 10.2. The van der Waals surface area contributed by atoms with Gasteiger partial charge in [0.05, 0.1) is 5.57 Å². The lowest BCUT2D eigenvalue weighted by Crippen LogP contribution is -2.13. The van der Waals surface area contributed by atoms with E-state index >= 15 is 0 Å². The van der Waals surface area contributed by atoms with Crippen molar-refractivity contribution < 1.29 is 13.2 Å². The van der Waals surface area contributed by atoms with Crippen LogP contribution in [0, 0.1) is 0 Å². The number of hydrogen-bond donors (Lipinski definition) is 0. The average molecular weight is 306 g/mol. The van der Waals surface area contributed by atoms with Crippen LogP contribution in [0.1, 0.15) is 0 Å². The van der Waals surface area contributed by atoms with Crippen LogP contribution in [-0.4, -0.2) is 12.2 Å². The minimum absolute atomic E-state index is 0.436. The van der Waals surface area contributed by atoms with Gasteiger partial charge < -0.3 is 0 Å². The summed E-state index contributed by atoms with van der Waals surface area (Å²) in [6.45, 7) is 0. The Morgan fingerprint density at radius 1 is 0.938 bits per heavy atom. The Hall–Kier alpha value is -0.163. The molecule has 1 aliphatic carbocycles.